The number of hydrazone groups is 1. The molecule has 1 heterocycles. The van der Waals surface area contributed by atoms with E-state index in [1.165, 1.54) is 5.01 Å². The number of hydrogen-bond donors (Lipinski definition) is 0. The molecule has 0 unspecified atom stereocenters. The minimum Gasteiger partial charge on any atom is -0.321 e. The number of halogens is 2. The van der Waals surface area contributed by atoms with Crippen molar-refractivity contribution in [1.82, 2.24) is 4.90 Å². The minimum absolute atomic E-state index is 0.194. The normalized spacial score (nSPS) is 15.8. The van der Waals surface area contributed by atoms with Crippen molar-refractivity contribution in [2.24, 2.45) is 5.10 Å². The Labute approximate surface area is 103 Å². The third-order valence-electron chi connectivity index (χ3n) is 2.21. The minimum atomic E-state index is -0.194. The summed E-state index contributed by atoms with van der Waals surface area (Å²) < 4.78 is 0. The summed E-state index contributed by atoms with van der Waals surface area (Å²) in [6.45, 7) is 0.511. The van der Waals surface area contributed by atoms with E-state index in [1.54, 1.807) is 36.4 Å². The number of amides is 2. The zero-order valence-corrected chi connectivity index (χ0v) is 10.0. The lowest BCUT2D eigenvalue weighted by Crippen LogP contribution is -2.43. The van der Waals surface area contributed by atoms with E-state index in [1.807, 2.05) is 0 Å². The summed E-state index contributed by atoms with van der Waals surface area (Å²) in [5, 5.41) is 6.15. The summed E-state index contributed by atoms with van der Waals surface area (Å²) in [5.41, 5.74) is 0.599. The first-order valence-corrected chi connectivity index (χ1v) is 5.38. The van der Waals surface area contributed by atoms with Gasteiger partial charge in [0.15, 0.2) is 0 Å². The molecule has 1 aliphatic rings. The van der Waals surface area contributed by atoms with Gasteiger partial charge in [-0.15, -0.1) is 0 Å². The molecule has 4 nitrogen and oxygen atoms in total. The lowest BCUT2D eigenvalue weighted by molar-refractivity contribution is 0.219. The molecule has 0 fully saturated rings. The molecule has 6 heteroatoms. The molecule has 84 valence electrons. The van der Waals surface area contributed by atoms with Crippen molar-refractivity contribution in [1.29, 1.82) is 0 Å². The predicted octanol–water partition coefficient (Wildman–Crippen LogP) is 2.85. The molecule has 2 amide bonds. The van der Waals surface area contributed by atoms with Gasteiger partial charge in [0.05, 0.1) is 22.3 Å². The van der Waals surface area contributed by atoms with Crippen molar-refractivity contribution in [2.45, 2.75) is 0 Å². The monoisotopic (exact) mass is 257 g/mol. The Morgan fingerprint density at radius 1 is 1.31 bits per heavy atom. The first kappa shape index (κ1) is 11.2. The summed E-state index contributed by atoms with van der Waals surface area (Å²) in [6.07, 6.45) is 1.66. The number of hydrogen-bond acceptors (Lipinski definition) is 2. The van der Waals surface area contributed by atoms with Gasteiger partial charge in [-0.05, 0) is 18.2 Å². The molecule has 0 saturated heterocycles. The van der Waals surface area contributed by atoms with E-state index in [4.69, 9.17) is 23.2 Å². The van der Waals surface area contributed by atoms with Gasteiger partial charge < -0.3 is 4.90 Å². The summed E-state index contributed by atoms with van der Waals surface area (Å²) in [6, 6.07) is 4.75. The molecular formula is C10H9Cl2N3O. The van der Waals surface area contributed by atoms with Gasteiger partial charge in [0.2, 0.25) is 0 Å². The molecule has 0 aromatic heterocycles. The highest BCUT2D eigenvalue weighted by Gasteiger charge is 2.22. The topological polar surface area (TPSA) is 35.9 Å². The van der Waals surface area contributed by atoms with Crippen molar-refractivity contribution in [2.75, 3.05) is 18.6 Å². The van der Waals surface area contributed by atoms with Crippen molar-refractivity contribution in [3.05, 3.63) is 28.2 Å². The van der Waals surface area contributed by atoms with Crippen molar-refractivity contribution < 1.29 is 4.79 Å². The number of carbonyl (C=O) groups is 1. The van der Waals surface area contributed by atoms with Crippen molar-refractivity contribution >= 4 is 41.1 Å². The zero-order chi connectivity index (χ0) is 11.7. The predicted molar refractivity (Wildman–Crippen MR) is 65.5 cm³/mol. The van der Waals surface area contributed by atoms with E-state index in [0.717, 1.165) is 0 Å². The Morgan fingerprint density at radius 2 is 2.06 bits per heavy atom. The Kier molecular flexibility index (Phi) is 3.03. The fourth-order valence-electron chi connectivity index (χ4n) is 1.32. The van der Waals surface area contributed by atoms with Crippen molar-refractivity contribution in [3.63, 3.8) is 0 Å². The molecule has 16 heavy (non-hydrogen) atoms. The second kappa shape index (κ2) is 4.31. The van der Waals surface area contributed by atoms with Gasteiger partial charge in [-0.1, -0.05) is 23.2 Å². The van der Waals surface area contributed by atoms with Crippen LogP contribution in [0.5, 0.6) is 0 Å². The lowest BCUT2D eigenvalue weighted by atomic mass is 10.3. The van der Waals surface area contributed by atoms with Crippen LogP contribution in [0, 0.1) is 0 Å². The Bertz CT molecular complexity index is 461. The molecule has 0 radical (unpaired) electrons. The first-order chi connectivity index (χ1) is 7.59. The van der Waals surface area contributed by atoms with Gasteiger partial charge in [0.1, 0.15) is 0 Å². The van der Waals surface area contributed by atoms with Crippen LogP contribution in [0.1, 0.15) is 0 Å². The molecule has 0 bridgehead atoms. The number of anilines is 1. The molecule has 2 rings (SSSR count). The van der Waals surface area contributed by atoms with Gasteiger partial charge >= 0.3 is 6.03 Å². The van der Waals surface area contributed by atoms with E-state index < -0.39 is 0 Å². The maximum Gasteiger partial charge on any atom is 0.345 e. The molecule has 0 aliphatic carbocycles. The first-order valence-electron chi connectivity index (χ1n) is 4.62. The SMILES string of the molecule is CN1CC=NN(c2ccc(Cl)c(Cl)c2)C1=O. The van der Waals surface area contributed by atoms with Gasteiger partial charge in [0, 0.05) is 13.3 Å². The van der Waals surface area contributed by atoms with Crippen LogP contribution in [0.15, 0.2) is 23.3 Å². The smallest absolute Gasteiger partial charge is 0.321 e. The Morgan fingerprint density at radius 3 is 2.75 bits per heavy atom. The van der Waals surface area contributed by atoms with Crippen LogP contribution in [-0.4, -0.2) is 30.7 Å². The fourth-order valence-corrected chi connectivity index (χ4v) is 1.62. The van der Waals surface area contributed by atoms with E-state index in [-0.39, 0.29) is 6.03 Å². The number of nitrogens with zero attached hydrogens (tertiary/aromatic N) is 3. The highest BCUT2D eigenvalue weighted by Crippen LogP contribution is 2.28. The third kappa shape index (κ3) is 1.99. The quantitative estimate of drug-likeness (QED) is 0.762. The van der Waals surface area contributed by atoms with E-state index in [9.17, 15) is 4.79 Å². The zero-order valence-electron chi connectivity index (χ0n) is 8.52. The maximum absolute atomic E-state index is 11.8. The molecule has 0 spiro atoms. The average Bonchev–Trinajstić information content (AvgIpc) is 2.26. The highest BCUT2D eigenvalue weighted by molar-refractivity contribution is 6.42. The summed E-state index contributed by atoms with van der Waals surface area (Å²) >= 11 is 11.7. The number of carbonyl (C=O) groups excluding carboxylic acids is 1. The summed E-state index contributed by atoms with van der Waals surface area (Å²) in [5.74, 6) is 0. The van der Waals surface area contributed by atoms with Gasteiger partial charge in [-0.3, -0.25) is 0 Å². The Hall–Kier alpha value is -1.26. The Balaban J connectivity index is 2.36. The number of urea groups is 1. The standard InChI is InChI=1S/C10H9Cl2N3O/c1-14-5-4-13-15(10(14)16)7-2-3-8(11)9(12)6-7/h2-4,6H,5H2,1H3. The van der Waals surface area contributed by atoms with Crippen LogP contribution >= 0.6 is 23.2 Å². The lowest BCUT2D eigenvalue weighted by Gasteiger charge is -2.27. The van der Waals surface area contributed by atoms with Crippen LogP contribution in [-0.2, 0) is 0 Å². The van der Waals surface area contributed by atoms with Crippen LogP contribution in [0.4, 0.5) is 10.5 Å². The van der Waals surface area contributed by atoms with Crippen molar-refractivity contribution in [3.8, 4) is 0 Å². The number of rotatable bonds is 1. The summed E-state index contributed by atoms with van der Waals surface area (Å²) in [7, 11) is 1.71. The van der Waals surface area contributed by atoms with Crippen LogP contribution < -0.4 is 5.01 Å². The second-order valence-electron chi connectivity index (χ2n) is 3.37. The van der Waals surface area contributed by atoms with Gasteiger partial charge in [-0.2, -0.15) is 10.1 Å². The molecule has 0 atom stereocenters. The maximum atomic E-state index is 11.8. The molecular weight excluding hydrogens is 249 g/mol. The molecule has 1 aromatic carbocycles. The fraction of sp³-hybridized carbons (Fsp3) is 0.200. The number of benzene rings is 1. The molecule has 0 saturated carbocycles. The largest absolute Gasteiger partial charge is 0.345 e. The van der Waals surface area contributed by atoms with Crippen LogP contribution in [0.3, 0.4) is 0 Å². The van der Waals surface area contributed by atoms with E-state index >= 15 is 0 Å². The van der Waals surface area contributed by atoms with Gasteiger partial charge in [-0.25, -0.2) is 4.79 Å². The summed E-state index contributed by atoms with van der Waals surface area (Å²) in [4.78, 5) is 13.3. The van der Waals surface area contributed by atoms with E-state index in [2.05, 4.69) is 5.10 Å². The van der Waals surface area contributed by atoms with Crippen LogP contribution in [0.2, 0.25) is 10.0 Å². The van der Waals surface area contributed by atoms with Crippen LogP contribution in [0.25, 0.3) is 0 Å². The highest BCUT2D eigenvalue weighted by atomic mass is 35.5. The molecule has 1 aliphatic heterocycles. The molecule has 1 aromatic rings. The third-order valence-corrected chi connectivity index (χ3v) is 2.95. The molecule has 0 N–H and O–H groups in total. The van der Waals surface area contributed by atoms with Gasteiger partial charge in [0.25, 0.3) is 0 Å². The second-order valence-corrected chi connectivity index (χ2v) is 4.19. The average molecular weight is 258 g/mol. The van der Waals surface area contributed by atoms with E-state index in [0.29, 0.717) is 22.3 Å².